The molecule has 3 rings (SSSR count). The van der Waals surface area contributed by atoms with E-state index in [-0.39, 0.29) is 5.78 Å². The van der Waals surface area contributed by atoms with Crippen molar-refractivity contribution in [1.82, 2.24) is 0 Å². The number of hydrogen-bond donors (Lipinski definition) is 1. The first-order valence-corrected chi connectivity index (χ1v) is 7.10. The largest absolute Gasteiger partial charge is 0.384 e. The zero-order valence-electron chi connectivity index (χ0n) is 12.0. The molecule has 0 radical (unpaired) electrons. The number of rotatable bonds is 3. The fourth-order valence-corrected chi connectivity index (χ4v) is 2.87. The first kappa shape index (κ1) is 12.9. The third-order valence-corrected chi connectivity index (χ3v) is 4.12. The van der Waals surface area contributed by atoms with Gasteiger partial charge in [-0.1, -0.05) is 18.2 Å². The highest BCUT2D eigenvalue weighted by molar-refractivity contribution is 5.98. The molecule has 20 heavy (non-hydrogen) atoms. The molecular formula is C18H19NO. The SMILES string of the molecule is Cc1cccc(C)c1CC(=O)c1ccc2c(c1)CCN2. The normalized spacial score (nSPS) is 12.9. The lowest BCUT2D eigenvalue weighted by Gasteiger charge is -2.09. The van der Waals surface area contributed by atoms with Crippen LogP contribution in [0.2, 0.25) is 0 Å². The molecule has 2 aromatic rings. The lowest BCUT2D eigenvalue weighted by Crippen LogP contribution is -2.07. The van der Waals surface area contributed by atoms with Crippen LogP contribution >= 0.6 is 0 Å². The second-order valence-corrected chi connectivity index (χ2v) is 5.52. The Morgan fingerprint density at radius 3 is 2.65 bits per heavy atom. The summed E-state index contributed by atoms with van der Waals surface area (Å²) in [5, 5.41) is 3.32. The number of carbonyl (C=O) groups is 1. The second-order valence-electron chi connectivity index (χ2n) is 5.52. The van der Waals surface area contributed by atoms with Gasteiger partial charge in [-0.05, 0) is 60.7 Å². The topological polar surface area (TPSA) is 29.1 Å². The quantitative estimate of drug-likeness (QED) is 0.857. The van der Waals surface area contributed by atoms with Crippen molar-refractivity contribution in [1.29, 1.82) is 0 Å². The molecule has 1 N–H and O–H groups in total. The molecule has 102 valence electrons. The number of hydrogen-bond acceptors (Lipinski definition) is 2. The molecule has 1 heterocycles. The van der Waals surface area contributed by atoms with E-state index in [2.05, 4.69) is 31.3 Å². The molecule has 0 atom stereocenters. The first-order chi connectivity index (χ1) is 9.65. The number of aryl methyl sites for hydroxylation is 2. The Labute approximate surface area is 119 Å². The van der Waals surface area contributed by atoms with Crippen molar-refractivity contribution in [2.24, 2.45) is 0 Å². The Hall–Kier alpha value is -2.09. The van der Waals surface area contributed by atoms with Crippen LogP contribution in [0.5, 0.6) is 0 Å². The summed E-state index contributed by atoms with van der Waals surface area (Å²) in [6.07, 6.45) is 1.50. The van der Waals surface area contributed by atoms with Crippen LogP contribution in [0.15, 0.2) is 36.4 Å². The number of Topliss-reactive ketones (excluding diaryl/α,β-unsaturated/α-hetero) is 1. The summed E-state index contributed by atoms with van der Waals surface area (Å²) >= 11 is 0. The highest BCUT2D eigenvalue weighted by Crippen LogP contribution is 2.24. The van der Waals surface area contributed by atoms with Gasteiger partial charge in [0, 0.05) is 24.2 Å². The van der Waals surface area contributed by atoms with Crippen LogP contribution in [-0.2, 0) is 12.8 Å². The molecule has 2 heteroatoms. The van der Waals surface area contributed by atoms with E-state index in [1.54, 1.807) is 0 Å². The fraction of sp³-hybridized carbons (Fsp3) is 0.278. The maximum atomic E-state index is 12.5. The van der Waals surface area contributed by atoms with Gasteiger partial charge in [-0.25, -0.2) is 0 Å². The van der Waals surface area contributed by atoms with Gasteiger partial charge >= 0.3 is 0 Å². The van der Waals surface area contributed by atoms with E-state index in [4.69, 9.17) is 0 Å². The smallest absolute Gasteiger partial charge is 0.167 e. The standard InChI is InChI=1S/C18H19NO/c1-12-4-3-5-13(2)16(12)11-18(20)15-6-7-17-14(10-15)8-9-19-17/h3-7,10,19H,8-9,11H2,1-2H3. The Morgan fingerprint density at radius 1 is 1.15 bits per heavy atom. The van der Waals surface area contributed by atoms with Gasteiger partial charge in [0.05, 0.1) is 0 Å². The van der Waals surface area contributed by atoms with Gasteiger partial charge in [-0.2, -0.15) is 0 Å². The zero-order valence-corrected chi connectivity index (χ0v) is 12.0. The maximum absolute atomic E-state index is 12.5. The summed E-state index contributed by atoms with van der Waals surface area (Å²) in [6.45, 7) is 5.12. The van der Waals surface area contributed by atoms with E-state index in [0.717, 1.165) is 24.1 Å². The predicted octanol–water partition coefficient (Wildman–Crippen LogP) is 3.70. The van der Waals surface area contributed by atoms with Gasteiger partial charge in [0.1, 0.15) is 0 Å². The Kier molecular flexibility index (Phi) is 3.31. The number of fused-ring (bicyclic) bond motifs is 1. The van der Waals surface area contributed by atoms with Crippen LogP contribution in [0.3, 0.4) is 0 Å². The van der Waals surface area contributed by atoms with E-state index < -0.39 is 0 Å². The molecule has 0 spiro atoms. The van der Waals surface area contributed by atoms with E-state index in [1.807, 2.05) is 24.3 Å². The van der Waals surface area contributed by atoms with E-state index in [0.29, 0.717) is 6.42 Å². The van der Waals surface area contributed by atoms with Gasteiger partial charge in [0.2, 0.25) is 0 Å². The van der Waals surface area contributed by atoms with Crippen molar-refractivity contribution < 1.29 is 4.79 Å². The third-order valence-electron chi connectivity index (χ3n) is 4.12. The second kappa shape index (κ2) is 5.12. The third kappa shape index (κ3) is 2.34. The molecule has 2 nitrogen and oxygen atoms in total. The van der Waals surface area contributed by atoms with Gasteiger partial charge in [-0.3, -0.25) is 4.79 Å². The van der Waals surface area contributed by atoms with Crippen LogP contribution in [0, 0.1) is 13.8 Å². The number of benzene rings is 2. The van der Waals surface area contributed by atoms with Crippen LogP contribution in [0.1, 0.15) is 32.6 Å². The summed E-state index contributed by atoms with van der Waals surface area (Å²) in [4.78, 5) is 12.5. The lowest BCUT2D eigenvalue weighted by atomic mass is 9.95. The highest BCUT2D eigenvalue weighted by Gasteiger charge is 2.15. The summed E-state index contributed by atoms with van der Waals surface area (Å²) in [5.41, 5.74) is 6.82. The summed E-state index contributed by atoms with van der Waals surface area (Å²) in [5.74, 6) is 0.206. The average molecular weight is 265 g/mol. The molecule has 1 aliphatic heterocycles. The predicted molar refractivity (Wildman–Crippen MR) is 82.6 cm³/mol. The van der Waals surface area contributed by atoms with Gasteiger partial charge in [0.25, 0.3) is 0 Å². The van der Waals surface area contributed by atoms with Crippen molar-refractivity contribution >= 4 is 11.5 Å². The molecule has 0 saturated heterocycles. The number of ketones is 1. The molecule has 0 aromatic heterocycles. The van der Waals surface area contributed by atoms with Gasteiger partial charge in [-0.15, -0.1) is 0 Å². The minimum Gasteiger partial charge on any atom is -0.384 e. The Bertz CT molecular complexity index is 653. The fourth-order valence-electron chi connectivity index (χ4n) is 2.87. The first-order valence-electron chi connectivity index (χ1n) is 7.10. The summed E-state index contributed by atoms with van der Waals surface area (Å²) in [6, 6.07) is 12.2. The minimum atomic E-state index is 0.206. The average Bonchev–Trinajstić information content (AvgIpc) is 2.90. The van der Waals surface area contributed by atoms with Crippen molar-refractivity contribution in [2.45, 2.75) is 26.7 Å². The Balaban J connectivity index is 1.86. The van der Waals surface area contributed by atoms with Gasteiger partial charge < -0.3 is 5.32 Å². The lowest BCUT2D eigenvalue weighted by molar-refractivity contribution is 0.0992. The van der Waals surface area contributed by atoms with Crippen molar-refractivity contribution in [3.63, 3.8) is 0 Å². The summed E-state index contributed by atoms with van der Waals surface area (Å²) in [7, 11) is 0. The molecule has 0 aliphatic carbocycles. The molecule has 0 saturated carbocycles. The molecule has 2 aromatic carbocycles. The monoisotopic (exact) mass is 265 g/mol. The van der Waals surface area contributed by atoms with Crippen molar-refractivity contribution in [2.75, 3.05) is 11.9 Å². The number of anilines is 1. The van der Waals surface area contributed by atoms with Crippen LogP contribution in [-0.4, -0.2) is 12.3 Å². The van der Waals surface area contributed by atoms with E-state index in [1.165, 1.54) is 22.4 Å². The van der Waals surface area contributed by atoms with Gasteiger partial charge in [0.15, 0.2) is 5.78 Å². The zero-order chi connectivity index (χ0) is 14.1. The van der Waals surface area contributed by atoms with E-state index in [9.17, 15) is 4.79 Å². The van der Waals surface area contributed by atoms with Crippen LogP contribution in [0.25, 0.3) is 0 Å². The Morgan fingerprint density at radius 2 is 1.90 bits per heavy atom. The molecule has 0 unspecified atom stereocenters. The molecular weight excluding hydrogens is 246 g/mol. The minimum absolute atomic E-state index is 0.206. The summed E-state index contributed by atoms with van der Waals surface area (Å²) < 4.78 is 0. The molecule has 0 fully saturated rings. The van der Waals surface area contributed by atoms with E-state index >= 15 is 0 Å². The number of carbonyl (C=O) groups excluding carboxylic acids is 1. The molecule has 1 aliphatic rings. The van der Waals surface area contributed by atoms with Crippen molar-refractivity contribution in [3.8, 4) is 0 Å². The highest BCUT2D eigenvalue weighted by atomic mass is 16.1. The van der Waals surface area contributed by atoms with Crippen LogP contribution < -0.4 is 5.32 Å². The molecule has 0 bridgehead atoms. The van der Waals surface area contributed by atoms with Crippen LogP contribution in [0.4, 0.5) is 5.69 Å². The maximum Gasteiger partial charge on any atom is 0.167 e. The van der Waals surface area contributed by atoms with Crippen molar-refractivity contribution in [3.05, 3.63) is 64.2 Å². The molecule has 0 amide bonds. The number of nitrogens with one attached hydrogen (secondary N) is 1.